The smallest absolute Gasteiger partial charge is 0.407 e. The summed E-state index contributed by atoms with van der Waals surface area (Å²) in [5.41, 5.74) is 1.34. The molecule has 1 saturated heterocycles. The zero-order valence-corrected chi connectivity index (χ0v) is 25.8. The quantitative estimate of drug-likeness (QED) is 0.203. The van der Waals surface area contributed by atoms with Gasteiger partial charge >= 0.3 is 6.09 Å². The van der Waals surface area contributed by atoms with Gasteiger partial charge in [-0.05, 0) is 43.2 Å². The number of unbranched alkanes of at least 4 members (excludes halogenated alkanes) is 1. The Labute approximate surface area is 254 Å². The number of rotatable bonds is 13. The maximum absolute atomic E-state index is 12.9. The highest BCUT2D eigenvalue weighted by molar-refractivity contribution is 7.99. The van der Waals surface area contributed by atoms with Crippen molar-refractivity contribution in [1.82, 2.24) is 5.32 Å². The maximum Gasteiger partial charge on any atom is 0.407 e. The van der Waals surface area contributed by atoms with E-state index in [0.29, 0.717) is 6.61 Å². The normalized spacial score (nSPS) is 23.0. The molecule has 3 rings (SSSR count). The second-order valence-electron chi connectivity index (χ2n) is 9.33. The van der Waals surface area contributed by atoms with Crippen LogP contribution in [-0.4, -0.2) is 71.7 Å². The molecule has 222 valence electrons. The lowest BCUT2D eigenvalue weighted by atomic mass is 9.97. The minimum Gasteiger partial charge on any atom is -0.497 e. The number of carbonyl (C=O) groups excluding carboxylic acids is 1. The third-order valence-corrected chi connectivity index (χ3v) is 7.67. The molecule has 5 atom stereocenters. The summed E-state index contributed by atoms with van der Waals surface area (Å²) >= 11 is 18.7. The van der Waals surface area contributed by atoms with E-state index in [2.05, 4.69) is 12.2 Å². The second-order valence-corrected chi connectivity index (χ2v) is 13.0. The Morgan fingerprint density at radius 3 is 2.38 bits per heavy atom. The van der Waals surface area contributed by atoms with Gasteiger partial charge in [0.1, 0.15) is 36.1 Å². The van der Waals surface area contributed by atoms with E-state index in [0.717, 1.165) is 34.6 Å². The summed E-state index contributed by atoms with van der Waals surface area (Å²) in [6, 6.07) is 14.6. The van der Waals surface area contributed by atoms with Crippen LogP contribution in [0.5, 0.6) is 5.75 Å². The number of methoxy groups -OCH3 is 1. The van der Waals surface area contributed by atoms with Crippen molar-refractivity contribution in [1.29, 1.82) is 0 Å². The molecule has 1 amide bonds. The maximum atomic E-state index is 12.9. The van der Waals surface area contributed by atoms with Gasteiger partial charge in [0.15, 0.2) is 0 Å². The molecule has 0 radical (unpaired) electrons. The monoisotopic (exact) mass is 635 g/mol. The van der Waals surface area contributed by atoms with Gasteiger partial charge in [0, 0.05) is 11.5 Å². The number of amides is 1. The van der Waals surface area contributed by atoms with Crippen LogP contribution >= 0.6 is 46.6 Å². The van der Waals surface area contributed by atoms with E-state index in [1.165, 1.54) is 11.8 Å². The van der Waals surface area contributed by atoms with E-state index < -0.39 is 46.3 Å². The molecule has 1 aliphatic heterocycles. The third-order valence-electron chi connectivity index (χ3n) is 6.16. The van der Waals surface area contributed by atoms with Gasteiger partial charge in [0.05, 0.1) is 26.4 Å². The van der Waals surface area contributed by atoms with Gasteiger partial charge in [-0.25, -0.2) is 4.79 Å². The highest BCUT2D eigenvalue weighted by Crippen LogP contribution is 2.36. The Morgan fingerprint density at radius 1 is 1.07 bits per heavy atom. The Morgan fingerprint density at radius 2 is 1.77 bits per heavy atom. The summed E-state index contributed by atoms with van der Waals surface area (Å²) in [7, 11) is 1.60. The Bertz CT molecular complexity index is 1040. The lowest BCUT2D eigenvalue weighted by molar-refractivity contribution is -0.207. The fourth-order valence-electron chi connectivity index (χ4n) is 4.06. The first-order valence-corrected chi connectivity index (χ1v) is 15.0. The molecule has 0 aromatic heterocycles. The summed E-state index contributed by atoms with van der Waals surface area (Å²) in [6.07, 6.45) is -1.16. The van der Waals surface area contributed by atoms with Crippen molar-refractivity contribution < 1.29 is 33.6 Å². The fourth-order valence-corrected chi connectivity index (χ4v) is 5.35. The number of halogens is 3. The number of nitrogens with one attached hydrogen (secondary N) is 1. The van der Waals surface area contributed by atoms with Crippen LogP contribution in [0, 0.1) is 6.92 Å². The molecule has 2 aromatic carbocycles. The molecular formula is C28H36Cl3NO7S. The Kier molecular flexibility index (Phi) is 13.5. The van der Waals surface area contributed by atoms with Crippen molar-refractivity contribution in [3.63, 3.8) is 0 Å². The first kappa shape index (κ1) is 33.1. The van der Waals surface area contributed by atoms with Gasteiger partial charge < -0.3 is 34.1 Å². The topological polar surface area (TPSA) is 95.5 Å². The van der Waals surface area contributed by atoms with Gasteiger partial charge in [0.2, 0.25) is 3.79 Å². The standard InChI is InChI=1S/C28H36Cl3NO7S/c1-4-5-14-36-24-22(15-33)39-26(40-21-12-6-18(2)7-13-21)23(32-27(34)38-17-28(29,30)31)25(24)37-16-19-8-10-20(35-3)11-9-19/h6-13,22-26,33H,4-5,14-17H2,1-3H3,(H,32,34)/t22?,23-,24+,25?,26-/m0/s1. The van der Waals surface area contributed by atoms with Crippen LogP contribution in [0.25, 0.3) is 0 Å². The van der Waals surface area contributed by atoms with Crippen LogP contribution in [0.1, 0.15) is 30.9 Å². The summed E-state index contributed by atoms with van der Waals surface area (Å²) in [5.74, 6) is 0.724. The molecule has 40 heavy (non-hydrogen) atoms. The van der Waals surface area contributed by atoms with Crippen molar-refractivity contribution in [2.24, 2.45) is 0 Å². The molecule has 0 bridgehead atoms. The van der Waals surface area contributed by atoms with Gasteiger partial charge in [-0.2, -0.15) is 0 Å². The number of aliphatic hydroxyl groups excluding tert-OH is 1. The zero-order valence-electron chi connectivity index (χ0n) is 22.7. The van der Waals surface area contributed by atoms with Crippen LogP contribution in [-0.2, 0) is 25.6 Å². The van der Waals surface area contributed by atoms with Gasteiger partial charge in [-0.1, -0.05) is 89.7 Å². The lowest BCUT2D eigenvalue weighted by Crippen LogP contribution is -2.64. The summed E-state index contributed by atoms with van der Waals surface area (Å²) in [4.78, 5) is 13.8. The number of thioether (sulfide) groups is 1. The SMILES string of the molecule is CCCCO[C@@H]1C(CO)O[C@@H](Sc2ccc(C)cc2)[C@@H](NC(=O)OCC(Cl)(Cl)Cl)C1OCc1ccc(OC)cc1. The first-order valence-electron chi connectivity index (χ1n) is 13.0. The van der Waals surface area contributed by atoms with Crippen LogP contribution in [0.3, 0.4) is 0 Å². The molecule has 2 aromatic rings. The Balaban J connectivity index is 1.91. The van der Waals surface area contributed by atoms with Crippen LogP contribution in [0.4, 0.5) is 4.79 Å². The van der Waals surface area contributed by atoms with E-state index in [-0.39, 0.29) is 13.2 Å². The molecular weight excluding hydrogens is 601 g/mol. The molecule has 1 fully saturated rings. The molecule has 8 nitrogen and oxygen atoms in total. The number of benzene rings is 2. The molecule has 2 N–H and O–H groups in total. The predicted octanol–water partition coefficient (Wildman–Crippen LogP) is 6.05. The summed E-state index contributed by atoms with van der Waals surface area (Å²) < 4.78 is 27.6. The van der Waals surface area contributed by atoms with E-state index in [4.69, 9.17) is 58.5 Å². The average molecular weight is 637 g/mol. The predicted molar refractivity (Wildman–Crippen MR) is 158 cm³/mol. The van der Waals surface area contributed by atoms with Gasteiger partial charge in [-0.3, -0.25) is 0 Å². The first-order chi connectivity index (χ1) is 19.1. The van der Waals surface area contributed by atoms with Crippen molar-refractivity contribution in [2.45, 2.75) is 71.8 Å². The van der Waals surface area contributed by atoms with Crippen LogP contribution in [0.15, 0.2) is 53.4 Å². The van der Waals surface area contributed by atoms with Crippen molar-refractivity contribution in [2.75, 3.05) is 26.9 Å². The van der Waals surface area contributed by atoms with Crippen molar-refractivity contribution >= 4 is 52.7 Å². The van der Waals surface area contributed by atoms with Gasteiger partial charge in [0.25, 0.3) is 0 Å². The molecule has 1 heterocycles. The largest absolute Gasteiger partial charge is 0.497 e. The van der Waals surface area contributed by atoms with Crippen molar-refractivity contribution in [3.05, 3.63) is 59.7 Å². The number of carbonyl (C=O) groups is 1. The molecule has 2 unspecified atom stereocenters. The second kappa shape index (κ2) is 16.3. The average Bonchev–Trinajstić information content (AvgIpc) is 2.93. The number of alkyl halides is 3. The Hall–Kier alpha value is -1.43. The number of ether oxygens (including phenoxy) is 5. The molecule has 0 spiro atoms. The minimum absolute atomic E-state index is 0.212. The summed E-state index contributed by atoms with van der Waals surface area (Å²) in [6.45, 7) is 3.96. The van der Waals surface area contributed by atoms with E-state index in [1.54, 1.807) is 7.11 Å². The third kappa shape index (κ3) is 10.4. The lowest BCUT2D eigenvalue weighted by Gasteiger charge is -2.46. The minimum atomic E-state index is -1.77. The highest BCUT2D eigenvalue weighted by Gasteiger charge is 2.48. The molecule has 12 heteroatoms. The number of aliphatic hydroxyl groups is 1. The molecule has 0 aliphatic carbocycles. The number of alkyl carbamates (subject to hydrolysis) is 1. The number of hydrogen-bond acceptors (Lipinski definition) is 8. The zero-order chi connectivity index (χ0) is 29.1. The summed E-state index contributed by atoms with van der Waals surface area (Å²) in [5, 5.41) is 13.2. The van der Waals surface area contributed by atoms with E-state index in [9.17, 15) is 9.90 Å². The van der Waals surface area contributed by atoms with Gasteiger partial charge in [-0.15, -0.1) is 0 Å². The van der Waals surface area contributed by atoms with Crippen LogP contribution < -0.4 is 10.1 Å². The fraction of sp³-hybridized carbons (Fsp3) is 0.536. The molecule has 0 saturated carbocycles. The van der Waals surface area contributed by atoms with Crippen molar-refractivity contribution in [3.8, 4) is 5.75 Å². The highest BCUT2D eigenvalue weighted by atomic mass is 35.6. The van der Waals surface area contributed by atoms with Crippen LogP contribution in [0.2, 0.25) is 0 Å². The van der Waals surface area contributed by atoms with E-state index in [1.807, 2.05) is 55.5 Å². The number of hydrogen-bond donors (Lipinski definition) is 2. The number of aryl methyl sites for hydroxylation is 1. The van der Waals surface area contributed by atoms with E-state index >= 15 is 0 Å². The molecule has 1 aliphatic rings.